The van der Waals surface area contributed by atoms with E-state index in [0.717, 1.165) is 0 Å². The molecule has 0 aliphatic heterocycles. The van der Waals surface area contributed by atoms with Gasteiger partial charge in [-0.3, -0.25) is 0 Å². The molecular weight excluding hydrogens is 360 g/mol. The number of hydrogen-bond acceptors (Lipinski definition) is 9. The van der Waals surface area contributed by atoms with E-state index in [2.05, 4.69) is 0 Å². The number of benzene rings is 1. The summed E-state index contributed by atoms with van der Waals surface area (Å²) in [6.07, 6.45) is 0. The number of ether oxygens (including phenoxy) is 3. The van der Waals surface area contributed by atoms with E-state index in [1.54, 1.807) is 0 Å². The van der Waals surface area contributed by atoms with Crippen molar-refractivity contribution in [3.05, 3.63) is 34.9 Å². The van der Waals surface area contributed by atoms with Crippen molar-refractivity contribution in [3.63, 3.8) is 0 Å². The van der Waals surface area contributed by atoms with Gasteiger partial charge in [0.05, 0.1) is 39.6 Å². The average Bonchev–Trinajstić information content (AvgIpc) is 2.73. The molecule has 0 aromatic heterocycles. The van der Waals surface area contributed by atoms with Crippen molar-refractivity contribution in [3.8, 4) is 0 Å². The maximum absolute atomic E-state index is 9.82. The largest absolute Gasteiger partial charge is 0.393 e. The molecule has 6 N–H and O–H groups in total. The molecule has 0 saturated heterocycles. The Hall–Kier alpha value is -1.14. The number of rotatable bonds is 12. The van der Waals surface area contributed by atoms with Crippen LogP contribution in [0.1, 0.15) is 16.7 Å². The Labute approximate surface area is 158 Å². The number of hydrogen-bond donors (Lipinski definition) is 6. The quantitative estimate of drug-likeness (QED) is 0.242. The number of aliphatic hydroxyl groups is 6. The van der Waals surface area contributed by atoms with E-state index in [1.807, 2.05) is 0 Å². The highest BCUT2D eigenvalue weighted by molar-refractivity contribution is 5.40. The topological polar surface area (TPSA) is 149 Å². The molecule has 0 unspecified atom stereocenters. The minimum Gasteiger partial charge on any atom is -0.393 e. The summed E-state index contributed by atoms with van der Waals surface area (Å²) in [6, 6.07) is 4.51. The van der Waals surface area contributed by atoms with Crippen LogP contribution in [0.15, 0.2) is 18.2 Å². The molecule has 1 aromatic carbocycles. The molecule has 9 nitrogen and oxygen atoms in total. The average molecular weight is 390 g/mol. The normalized spacial score (nSPS) is 13.2. The molecule has 0 bridgehead atoms. The Morgan fingerprint density at radius 3 is 0.815 bits per heavy atom. The first-order valence-corrected chi connectivity index (χ1v) is 8.34. The lowest BCUT2D eigenvalue weighted by molar-refractivity contribution is -0.100. The van der Waals surface area contributed by atoms with Crippen molar-refractivity contribution in [1.82, 2.24) is 0 Å². The molecule has 27 heavy (non-hydrogen) atoms. The van der Waals surface area contributed by atoms with Gasteiger partial charge in [-0.2, -0.15) is 0 Å². The van der Waals surface area contributed by atoms with Gasteiger partial charge in [0, 0.05) is 21.3 Å². The molecule has 0 saturated carbocycles. The third-order valence-corrected chi connectivity index (χ3v) is 5.22. The van der Waals surface area contributed by atoms with Crippen LogP contribution in [-0.4, -0.2) is 91.6 Å². The lowest BCUT2D eigenvalue weighted by Crippen LogP contribution is -2.42. The van der Waals surface area contributed by atoms with Gasteiger partial charge in [-0.15, -0.1) is 0 Å². The van der Waals surface area contributed by atoms with Crippen LogP contribution in [0, 0.1) is 0 Å². The molecule has 0 aliphatic carbocycles. The summed E-state index contributed by atoms with van der Waals surface area (Å²) in [5.74, 6) is 0. The highest BCUT2D eigenvalue weighted by Gasteiger charge is 2.39. The monoisotopic (exact) mass is 390 g/mol. The van der Waals surface area contributed by atoms with Gasteiger partial charge >= 0.3 is 0 Å². The van der Waals surface area contributed by atoms with Crippen LogP contribution >= 0.6 is 0 Å². The first-order valence-electron chi connectivity index (χ1n) is 8.34. The zero-order valence-corrected chi connectivity index (χ0v) is 15.9. The maximum atomic E-state index is 9.82. The fourth-order valence-electron chi connectivity index (χ4n) is 2.86. The SMILES string of the molecule is COC(CO)(CO)c1cc(C(CO)(CO)OC)cc(C(CO)(CO)OC)c1. The van der Waals surface area contributed by atoms with Gasteiger partial charge < -0.3 is 44.8 Å². The van der Waals surface area contributed by atoms with Crippen molar-refractivity contribution in [2.75, 3.05) is 61.0 Å². The van der Waals surface area contributed by atoms with Crippen LogP contribution in [0.5, 0.6) is 0 Å². The highest BCUT2D eigenvalue weighted by Crippen LogP contribution is 2.36. The summed E-state index contributed by atoms with van der Waals surface area (Å²) < 4.78 is 16.0. The zero-order valence-electron chi connectivity index (χ0n) is 15.9. The van der Waals surface area contributed by atoms with Crippen LogP contribution in [0.4, 0.5) is 0 Å². The zero-order chi connectivity index (χ0) is 20.7. The molecule has 0 atom stereocenters. The predicted octanol–water partition coefficient (Wildman–Crippen LogP) is -1.83. The fourth-order valence-corrected chi connectivity index (χ4v) is 2.86. The summed E-state index contributed by atoms with van der Waals surface area (Å²) in [5, 5.41) is 58.9. The smallest absolute Gasteiger partial charge is 0.139 e. The van der Waals surface area contributed by atoms with Crippen LogP contribution in [-0.2, 0) is 31.0 Å². The number of methoxy groups -OCH3 is 3. The van der Waals surface area contributed by atoms with Gasteiger partial charge in [0.25, 0.3) is 0 Å². The minimum absolute atomic E-state index is 0.286. The first-order chi connectivity index (χ1) is 12.9. The summed E-state index contributed by atoms with van der Waals surface area (Å²) in [6.45, 7) is -3.42. The van der Waals surface area contributed by atoms with Gasteiger partial charge in [-0.1, -0.05) is 0 Å². The Kier molecular flexibility index (Phi) is 8.74. The van der Waals surface area contributed by atoms with E-state index < -0.39 is 56.4 Å². The highest BCUT2D eigenvalue weighted by atomic mass is 16.5. The summed E-state index contributed by atoms with van der Waals surface area (Å²) >= 11 is 0. The van der Waals surface area contributed by atoms with Crippen molar-refractivity contribution < 1.29 is 44.8 Å². The Morgan fingerprint density at radius 2 is 0.704 bits per heavy atom. The third kappa shape index (κ3) is 4.16. The van der Waals surface area contributed by atoms with Gasteiger partial charge in [0.2, 0.25) is 0 Å². The van der Waals surface area contributed by atoms with Crippen LogP contribution in [0.3, 0.4) is 0 Å². The molecule has 9 heteroatoms. The molecule has 0 radical (unpaired) electrons. The van der Waals surface area contributed by atoms with Crippen LogP contribution < -0.4 is 0 Å². The molecule has 0 heterocycles. The van der Waals surface area contributed by atoms with E-state index >= 15 is 0 Å². The molecule has 1 rings (SSSR count). The summed E-state index contributed by atoms with van der Waals surface area (Å²) in [7, 11) is 3.92. The molecule has 1 aromatic rings. The lowest BCUT2D eigenvalue weighted by Gasteiger charge is -2.36. The molecule has 0 amide bonds. The molecule has 156 valence electrons. The second-order valence-corrected chi connectivity index (χ2v) is 6.34. The van der Waals surface area contributed by atoms with Gasteiger partial charge in [0.15, 0.2) is 0 Å². The third-order valence-electron chi connectivity index (χ3n) is 5.22. The minimum atomic E-state index is -1.50. The van der Waals surface area contributed by atoms with Crippen LogP contribution in [0.25, 0.3) is 0 Å². The molecule has 0 spiro atoms. The summed E-state index contributed by atoms with van der Waals surface area (Å²) in [5.41, 5.74) is -3.64. The van der Waals surface area contributed by atoms with Gasteiger partial charge in [-0.05, 0) is 34.9 Å². The Morgan fingerprint density at radius 1 is 0.519 bits per heavy atom. The van der Waals surface area contributed by atoms with Crippen molar-refractivity contribution >= 4 is 0 Å². The Balaban J connectivity index is 3.86. The lowest BCUT2D eigenvalue weighted by atomic mass is 9.82. The fraction of sp³-hybridized carbons (Fsp3) is 0.667. The van der Waals surface area contributed by atoms with E-state index in [1.165, 1.54) is 39.5 Å². The van der Waals surface area contributed by atoms with Crippen molar-refractivity contribution in [1.29, 1.82) is 0 Å². The van der Waals surface area contributed by atoms with E-state index in [4.69, 9.17) is 14.2 Å². The summed E-state index contributed by atoms with van der Waals surface area (Å²) in [4.78, 5) is 0. The van der Waals surface area contributed by atoms with Gasteiger partial charge in [0.1, 0.15) is 16.8 Å². The van der Waals surface area contributed by atoms with Gasteiger partial charge in [-0.25, -0.2) is 0 Å². The van der Waals surface area contributed by atoms with E-state index in [-0.39, 0.29) is 16.7 Å². The van der Waals surface area contributed by atoms with Crippen LogP contribution in [0.2, 0.25) is 0 Å². The molecular formula is C18H30O9. The maximum Gasteiger partial charge on any atom is 0.139 e. The standard InChI is InChI=1S/C18H30O9/c1-25-16(7-19,8-20)13-4-14(17(9-21,10-22)26-2)6-15(5-13)18(11-23,12-24)27-3/h4-6,19-24H,7-12H2,1-3H3. The predicted molar refractivity (Wildman–Crippen MR) is 95.0 cm³/mol. The molecule has 0 fully saturated rings. The first kappa shape index (κ1) is 23.9. The van der Waals surface area contributed by atoms with Crippen molar-refractivity contribution in [2.45, 2.75) is 16.8 Å². The van der Waals surface area contributed by atoms with Crippen molar-refractivity contribution in [2.24, 2.45) is 0 Å². The van der Waals surface area contributed by atoms with E-state index in [0.29, 0.717) is 0 Å². The molecule has 0 aliphatic rings. The second-order valence-electron chi connectivity index (χ2n) is 6.34. The second kappa shape index (κ2) is 9.87. The number of aliphatic hydroxyl groups excluding tert-OH is 6. The Bertz CT molecular complexity index is 460. The van der Waals surface area contributed by atoms with E-state index in [9.17, 15) is 30.6 Å².